The molecular weight excluding hydrogens is 258 g/mol. The summed E-state index contributed by atoms with van der Waals surface area (Å²) in [6, 6.07) is 0. The molecule has 0 unspecified atom stereocenters. The van der Waals surface area contributed by atoms with Gasteiger partial charge in [-0.05, 0) is 12.8 Å². The Bertz CT molecular complexity index is 412. The average Bonchev–Trinajstić information content (AvgIpc) is 2.81. The van der Waals surface area contributed by atoms with Gasteiger partial charge in [0.05, 0.1) is 5.01 Å². The molecule has 1 N–H and O–H groups in total. The fourth-order valence-corrected chi connectivity index (χ4v) is 2.89. The smallest absolute Gasteiger partial charge is 0.331 e. The minimum Gasteiger partial charge on any atom is -0.478 e. The lowest BCUT2D eigenvalue weighted by molar-refractivity contribution is -0.132. The zero-order chi connectivity index (χ0) is 14.1. The predicted octanol–water partition coefficient (Wildman–Crippen LogP) is 4.23. The van der Waals surface area contributed by atoms with Crippen LogP contribution in [-0.4, -0.2) is 16.1 Å². The number of aromatic nitrogens is 1. The first kappa shape index (κ1) is 15.9. The minimum absolute atomic E-state index is 0.209. The van der Waals surface area contributed by atoms with E-state index >= 15 is 0 Å². The summed E-state index contributed by atoms with van der Waals surface area (Å²) in [5, 5.41) is 9.63. The van der Waals surface area contributed by atoms with Crippen LogP contribution >= 0.6 is 11.3 Å². The van der Waals surface area contributed by atoms with Crippen LogP contribution in [0.3, 0.4) is 0 Å². The molecule has 0 fully saturated rings. The predicted molar refractivity (Wildman–Crippen MR) is 79.7 cm³/mol. The molecule has 0 aliphatic rings. The number of hydrogen-bond acceptors (Lipinski definition) is 3. The fraction of sp³-hybridized carbons (Fsp3) is 0.600. The van der Waals surface area contributed by atoms with Gasteiger partial charge in [-0.15, -0.1) is 11.3 Å². The quantitative estimate of drug-likeness (QED) is 0.516. The molecule has 0 aliphatic carbocycles. The molecule has 0 bridgehead atoms. The summed E-state index contributed by atoms with van der Waals surface area (Å²) in [5.41, 5.74) is 0.209. The van der Waals surface area contributed by atoms with Crippen molar-refractivity contribution in [2.45, 2.75) is 58.3 Å². The van der Waals surface area contributed by atoms with E-state index in [9.17, 15) is 4.79 Å². The summed E-state index contributed by atoms with van der Waals surface area (Å²) in [5.74, 6) is -0.937. The van der Waals surface area contributed by atoms with E-state index in [1.807, 2.05) is 6.20 Å². The third-order valence-corrected chi connectivity index (χ3v) is 4.10. The number of rotatable bonds is 10. The van der Waals surface area contributed by atoms with Crippen LogP contribution in [0.5, 0.6) is 0 Å². The maximum Gasteiger partial charge on any atom is 0.331 e. The lowest BCUT2D eigenvalue weighted by Gasteiger charge is -1.99. The van der Waals surface area contributed by atoms with Gasteiger partial charge in [0.15, 0.2) is 0 Å². The second kappa shape index (κ2) is 8.86. The van der Waals surface area contributed by atoms with Crippen molar-refractivity contribution in [1.82, 2.24) is 4.98 Å². The van der Waals surface area contributed by atoms with Gasteiger partial charge in [0.25, 0.3) is 0 Å². The summed E-state index contributed by atoms with van der Waals surface area (Å²) in [7, 11) is 0. The largest absolute Gasteiger partial charge is 0.478 e. The van der Waals surface area contributed by atoms with Gasteiger partial charge in [0, 0.05) is 23.1 Å². The Morgan fingerprint density at radius 1 is 1.32 bits per heavy atom. The normalized spacial score (nSPS) is 10.6. The second-order valence-corrected chi connectivity index (χ2v) is 6.02. The first-order valence-electron chi connectivity index (χ1n) is 6.98. The molecule has 0 saturated carbocycles. The van der Waals surface area contributed by atoms with Gasteiger partial charge in [-0.2, -0.15) is 0 Å². The highest BCUT2D eigenvalue weighted by Gasteiger charge is 2.08. The number of carboxylic acids is 1. The first-order chi connectivity index (χ1) is 9.13. The molecule has 0 radical (unpaired) electrons. The molecule has 0 spiro atoms. The van der Waals surface area contributed by atoms with Crippen molar-refractivity contribution >= 4 is 17.3 Å². The number of carbonyl (C=O) groups is 1. The van der Waals surface area contributed by atoms with Crippen molar-refractivity contribution in [2.24, 2.45) is 0 Å². The highest BCUT2D eigenvalue weighted by Crippen LogP contribution is 2.19. The van der Waals surface area contributed by atoms with Gasteiger partial charge in [-0.3, -0.25) is 0 Å². The van der Waals surface area contributed by atoms with Crippen LogP contribution in [0.15, 0.2) is 18.3 Å². The molecule has 0 amide bonds. The molecule has 1 aromatic rings. The van der Waals surface area contributed by atoms with Gasteiger partial charge in [0.2, 0.25) is 0 Å². The Balaban J connectivity index is 2.23. The van der Waals surface area contributed by atoms with E-state index < -0.39 is 5.97 Å². The summed E-state index contributed by atoms with van der Waals surface area (Å²) < 4.78 is 0. The van der Waals surface area contributed by atoms with Gasteiger partial charge in [-0.1, -0.05) is 45.6 Å². The van der Waals surface area contributed by atoms with Crippen LogP contribution in [0.2, 0.25) is 0 Å². The zero-order valence-electron chi connectivity index (χ0n) is 11.7. The minimum atomic E-state index is -0.937. The number of aryl methyl sites for hydroxylation is 1. The van der Waals surface area contributed by atoms with Crippen molar-refractivity contribution < 1.29 is 9.90 Å². The van der Waals surface area contributed by atoms with Gasteiger partial charge >= 0.3 is 5.97 Å². The number of aliphatic carboxylic acids is 1. The lowest BCUT2D eigenvalue weighted by Crippen LogP contribution is -2.01. The fourth-order valence-electron chi connectivity index (χ4n) is 1.88. The zero-order valence-corrected chi connectivity index (χ0v) is 12.5. The Hall–Kier alpha value is -1.16. The molecule has 19 heavy (non-hydrogen) atoms. The molecular formula is C15H23NO2S. The highest BCUT2D eigenvalue weighted by atomic mass is 32.1. The molecule has 3 nitrogen and oxygen atoms in total. The van der Waals surface area contributed by atoms with E-state index in [2.05, 4.69) is 18.5 Å². The van der Waals surface area contributed by atoms with Crippen LogP contribution in [0, 0.1) is 0 Å². The van der Waals surface area contributed by atoms with E-state index in [-0.39, 0.29) is 5.57 Å². The van der Waals surface area contributed by atoms with Crippen LogP contribution < -0.4 is 0 Å². The van der Waals surface area contributed by atoms with Crippen molar-refractivity contribution in [3.05, 3.63) is 28.2 Å². The summed E-state index contributed by atoms with van der Waals surface area (Å²) in [4.78, 5) is 16.2. The SMILES string of the molecule is C=C(Cc1ncc(CCCCCCCC)s1)C(=O)O. The molecule has 0 saturated heterocycles. The number of thiazole rings is 1. The van der Waals surface area contributed by atoms with E-state index in [1.54, 1.807) is 11.3 Å². The Morgan fingerprint density at radius 2 is 2.00 bits per heavy atom. The molecule has 0 atom stereocenters. The number of unbranched alkanes of at least 4 members (excludes halogenated alkanes) is 5. The molecule has 4 heteroatoms. The highest BCUT2D eigenvalue weighted by molar-refractivity contribution is 7.11. The molecule has 0 aliphatic heterocycles. The van der Waals surface area contributed by atoms with Crippen molar-refractivity contribution in [1.29, 1.82) is 0 Å². The molecule has 106 valence electrons. The van der Waals surface area contributed by atoms with Crippen molar-refractivity contribution in [2.75, 3.05) is 0 Å². The van der Waals surface area contributed by atoms with Crippen LogP contribution in [-0.2, 0) is 17.6 Å². The topological polar surface area (TPSA) is 50.2 Å². The van der Waals surface area contributed by atoms with Gasteiger partial charge in [0.1, 0.15) is 0 Å². The third-order valence-electron chi connectivity index (χ3n) is 3.05. The van der Waals surface area contributed by atoms with Gasteiger partial charge in [-0.25, -0.2) is 9.78 Å². The Kier molecular flexibility index (Phi) is 7.41. The number of carboxylic acid groups (broad SMARTS) is 1. The van der Waals surface area contributed by atoms with Crippen LogP contribution in [0.4, 0.5) is 0 Å². The molecule has 1 heterocycles. The maximum atomic E-state index is 10.7. The third kappa shape index (κ3) is 6.53. The first-order valence-corrected chi connectivity index (χ1v) is 7.79. The molecule has 0 aromatic carbocycles. The number of nitrogens with zero attached hydrogens (tertiary/aromatic N) is 1. The van der Waals surface area contributed by atoms with Crippen molar-refractivity contribution in [3.8, 4) is 0 Å². The second-order valence-electron chi connectivity index (χ2n) is 4.82. The number of hydrogen-bond donors (Lipinski definition) is 1. The van der Waals surface area contributed by atoms with E-state index in [1.165, 1.54) is 43.4 Å². The Labute approximate surface area is 119 Å². The van der Waals surface area contributed by atoms with E-state index in [0.717, 1.165) is 11.4 Å². The summed E-state index contributed by atoms with van der Waals surface area (Å²) in [6.45, 7) is 5.76. The lowest BCUT2D eigenvalue weighted by atomic mass is 10.1. The Morgan fingerprint density at radius 3 is 2.68 bits per heavy atom. The monoisotopic (exact) mass is 281 g/mol. The van der Waals surface area contributed by atoms with Crippen molar-refractivity contribution in [3.63, 3.8) is 0 Å². The van der Waals surface area contributed by atoms with E-state index in [0.29, 0.717) is 6.42 Å². The van der Waals surface area contributed by atoms with Crippen LogP contribution in [0.1, 0.15) is 55.3 Å². The standard InChI is InChI=1S/C15H23NO2S/c1-3-4-5-6-7-8-9-13-11-16-14(19-13)10-12(2)15(17)18/h11H,2-10H2,1H3,(H,17,18). The summed E-state index contributed by atoms with van der Waals surface area (Å²) in [6.07, 6.45) is 11.0. The molecule has 1 rings (SSSR count). The van der Waals surface area contributed by atoms with Crippen LogP contribution in [0.25, 0.3) is 0 Å². The summed E-state index contributed by atoms with van der Waals surface area (Å²) >= 11 is 1.61. The maximum absolute atomic E-state index is 10.7. The van der Waals surface area contributed by atoms with Gasteiger partial charge < -0.3 is 5.11 Å². The average molecular weight is 281 g/mol. The van der Waals surface area contributed by atoms with E-state index in [4.69, 9.17) is 5.11 Å². The molecule has 1 aromatic heterocycles.